The van der Waals surface area contributed by atoms with E-state index in [0.717, 1.165) is 13.1 Å². The molecule has 96 valence electrons. The first-order valence-electron chi connectivity index (χ1n) is 6.87. The average molecular weight is 251 g/mol. The van der Waals surface area contributed by atoms with E-state index in [4.69, 9.17) is 0 Å². The van der Waals surface area contributed by atoms with Gasteiger partial charge in [0, 0.05) is 42.3 Å². The number of hydrogen-bond acceptors (Lipinski definition) is 2. The van der Waals surface area contributed by atoms with Gasteiger partial charge >= 0.3 is 0 Å². The van der Waals surface area contributed by atoms with Gasteiger partial charge in [0.25, 0.3) is 0 Å². The number of pyridine rings is 1. The summed E-state index contributed by atoms with van der Waals surface area (Å²) < 4.78 is 2.25. The summed E-state index contributed by atoms with van der Waals surface area (Å²) >= 11 is 0. The molecule has 3 nitrogen and oxygen atoms in total. The molecule has 19 heavy (non-hydrogen) atoms. The summed E-state index contributed by atoms with van der Waals surface area (Å²) in [6.07, 6.45) is 5.09. The van der Waals surface area contributed by atoms with Crippen molar-refractivity contribution in [1.29, 1.82) is 0 Å². The van der Waals surface area contributed by atoms with Gasteiger partial charge in [-0.2, -0.15) is 0 Å². The number of benzene rings is 1. The molecule has 1 aliphatic heterocycles. The fraction of sp³-hybridized carbons (Fsp3) is 0.312. The number of aryl methyl sites for hydroxylation is 1. The SMILES string of the molecule is Cn1c2ccncc2c2cc(C3CCNC3)ccc21. The molecule has 4 rings (SSSR count). The van der Waals surface area contributed by atoms with Crippen LogP contribution in [0.4, 0.5) is 0 Å². The predicted octanol–water partition coefficient (Wildman–Crippen LogP) is 2.80. The van der Waals surface area contributed by atoms with Gasteiger partial charge < -0.3 is 9.88 Å². The van der Waals surface area contributed by atoms with Gasteiger partial charge in [0.05, 0.1) is 5.52 Å². The highest BCUT2D eigenvalue weighted by Gasteiger charge is 2.18. The molecule has 1 aromatic carbocycles. The molecule has 1 aliphatic rings. The monoisotopic (exact) mass is 251 g/mol. The number of nitrogens with one attached hydrogen (secondary N) is 1. The topological polar surface area (TPSA) is 29.9 Å². The summed E-state index contributed by atoms with van der Waals surface area (Å²) in [5.74, 6) is 0.663. The Morgan fingerprint density at radius 1 is 1.21 bits per heavy atom. The Morgan fingerprint density at radius 2 is 2.11 bits per heavy atom. The van der Waals surface area contributed by atoms with E-state index in [9.17, 15) is 0 Å². The summed E-state index contributed by atoms with van der Waals surface area (Å²) in [6, 6.07) is 8.98. The molecule has 1 N–H and O–H groups in total. The molecule has 0 radical (unpaired) electrons. The maximum atomic E-state index is 4.28. The van der Waals surface area contributed by atoms with Crippen LogP contribution in [0.2, 0.25) is 0 Å². The quantitative estimate of drug-likeness (QED) is 0.720. The van der Waals surface area contributed by atoms with Crippen LogP contribution in [-0.4, -0.2) is 22.6 Å². The van der Waals surface area contributed by atoms with E-state index < -0.39 is 0 Å². The molecule has 0 saturated carbocycles. The van der Waals surface area contributed by atoms with Crippen LogP contribution in [0.3, 0.4) is 0 Å². The second-order valence-corrected chi connectivity index (χ2v) is 5.42. The average Bonchev–Trinajstić information content (AvgIpc) is 3.08. The van der Waals surface area contributed by atoms with Crippen LogP contribution in [0.25, 0.3) is 21.8 Å². The van der Waals surface area contributed by atoms with Gasteiger partial charge in [0.15, 0.2) is 0 Å². The van der Waals surface area contributed by atoms with E-state index in [2.05, 4.69) is 46.2 Å². The molecule has 0 bridgehead atoms. The molecule has 0 aliphatic carbocycles. The minimum atomic E-state index is 0.663. The molecule has 3 heteroatoms. The lowest BCUT2D eigenvalue weighted by atomic mass is 9.97. The van der Waals surface area contributed by atoms with Crippen molar-refractivity contribution in [3.8, 4) is 0 Å². The Bertz CT molecular complexity index is 751. The number of fused-ring (bicyclic) bond motifs is 3. The van der Waals surface area contributed by atoms with Crippen LogP contribution in [0.5, 0.6) is 0 Å². The van der Waals surface area contributed by atoms with Crippen LogP contribution >= 0.6 is 0 Å². The van der Waals surface area contributed by atoms with Crippen molar-refractivity contribution in [2.24, 2.45) is 7.05 Å². The van der Waals surface area contributed by atoms with E-state index in [-0.39, 0.29) is 0 Å². The third-order valence-corrected chi connectivity index (χ3v) is 4.36. The standard InChI is InChI=1S/C16H17N3/c1-19-15-3-2-11(12-4-6-17-9-12)8-13(15)14-10-18-7-5-16(14)19/h2-3,5,7-8,10,12,17H,4,6,9H2,1H3. The summed E-state index contributed by atoms with van der Waals surface area (Å²) in [5.41, 5.74) is 4.00. The number of nitrogens with zero attached hydrogens (tertiary/aromatic N) is 2. The van der Waals surface area contributed by atoms with Gasteiger partial charge in [0.1, 0.15) is 0 Å². The van der Waals surface area contributed by atoms with Crippen molar-refractivity contribution in [2.75, 3.05) is 13.1 Å². The van der Waals surface area contributed by atoms with Crippen LogP contribution < -0.4 is 5.32 Å². The molecule has 1 fully saturated rings. The van der Waals surface area contributed by atoms with Crippen LogP contribution in [0, 0.1) is 0 Å². The van der Waals surface area contributed by atoms with Crippen molar-refractivity contribution >= 4 is 21.8 Å². The van der Waals surface area contributed by atoms with E-state index in [1.165, 1.54) is 33.8 Å². The highest BCUT2D eigenvalue weighted by atomic mass is 14.9. The maximum absolute atomic E-state index is 4.28. The van der Waals surface area contributed by atoms with Crippen LogP contribution in [0.1, 0.15) is 17.9 Å². The number of aromatic nitrogens is 2. The lowest BCUT2D eigenvalue weighted by Gasteiger charge is -2.09. The lowest BCUT2D eigenvalue weighted by molar-refractivity contribution is 0.764. The maximum Gasteiger partial charge on any atom is 0.0519 e. The van der Waals surface area contributed by atoms with Gasteiger partial charge in [0.2, 0.25) is 0 Å². The largest absolute Gasteiger partial charge is 0.344 e. The Morgan fingerprint density at radius 3 is 2.95 bits per heavy atom. The summed E-state index contributed by atoms with van der Waals surface area (Å²) in [6.45, 7) is 2.24. The smallest absolute Gasteiger partial charge is 0.0519 e. The van der Waals surface area contributed by atoms with E-state index in [0.29, 0.717) is 5.92 Å². The van der Waals surface area contributed by atoms with Crippen molar-refractivity contribution in [3.63, 3.8) is 0 Å². The highest BCUT2D eigenvalue weighted by Crippen LogP contribution is 2.31. The van der Waals surface area contributed by atoms with Crippen molar-refractivity contribution in [2.45, 2.75) is 12.3 Å². The van der Waals surface area contributed by atoms with Gasteiger partial charge in [-0.05, 0) is 42.6 Å². The lowest BCUT2D eigenvalue weighted by Crippen LogP contribution is -2.07. The number of rotatable bonds is 1. The third kappa shape index (κ3) is 1.58. The molecule has 2 aromatic heterocycles. The summed E-state index contributed by atoms with van der Waals surface area (Å²) in [5, 5.41) is 6.03. The minimum Gasteiger partial charge on any atom is -0.344 e. The highest BCUT2D eigenvalue weighted by molar-refractivity contribution is 6.07. The zero-order chi connectivity index (χ0) is 12.8. The summed E-state index contributed by atoms with van der Waals surface area (Å²) in [7, 11) is 2.13. The van der Waals surface area contributed by atoms with E-state index in [1.54, 1.807) is 0 Å². The van der Waals surface area contributed by atoms with Crippen molar-refractivity contribution in [1.82, 2.24) is 14.9 Å². The Labute approximate surface area is 112 Å². The third-order valence-electron chi connectivity index (χ3n) is 4.36. The predicted molar refractivity (Wildman–Crippen MR) is 78.4 cm³/mol. The molecular formula is C16H17N3. The Hall–Kier alpha value is -1.87. The molecule has 1 atom stereocenters. The van der Waals surface area contributed by atoms with Gasteiger partial charge in [-0.3, -0.25) is 4.98 Å². The normalized spacial score (nSPS) is 19.5. The molecule has 3 heterocycles. The number of hydrogen-bond donors (Lipinski definition) is 1. The fourth-order valence-electron chi connectivity index (χ4n) is 3.27. The zero-order valence-electron chi connectivity index (χ0n) is 11.1. The van der Waals surface area contributed by atoms with Crippen LogP contribution in [-0.2, 0) is 7.05 Å². The molecular weight excluding hydrogens is 234 g/mol. The first-order chi connectivity index (χ1) is 9.34. The minimum absolute atomic E-state index is 0.663. The molecule has 0 amide bonds. The second kappa shape index (κ2) is 4.07. The van der Waals surface area contributed by atoms with Crippen molar-refractivity contribution < 1.29 is 0 Å². The van der Waals surface area contributed by atoms with E-state index >= 15 is 0 Å². The van der Waals surface area contributed by atoms with Crippen molar-refractivity contribution in [3.05, 3.63) is 42.2 Å². The Kier molecular flexibility index (Phi) is 2.35. The molecule has 1 saturated heterocycles. The van der Waals surface area contributed by atoms with Gasteiger partial charge in [-0.15, -0.1) is 0 Å². The van der Waals surface area contributed by atoms with Crippen LogP contribution in [0.15, 0.2) is 36.7 Å². The second-order valence-electron chi connectivity index (χ2n) is 5.42. The van der Waals surface area contributed by atoms with E-state index in [1.807, 2.05) is 12.4 Å². The van der Waals surface area contributed by atoms with Gasteiger partial charge in [-0.1, -0.05) is 6.07 Å². The molecule has 3 aromatic rings. The Balaban J connectivity index is 1.99. The summed E-state index contributed by atoms with van der Waals surface area (Å²) in [4.78, 5) is 4.28. The molecule has 0 spiro atoms. The molecule has 1 unspecified atom stereocenters. The van der Waals surface area contributed by atoms with Gasteiger partial charge in [-0.25, -0.2) is 0 Å². The zero-order valence-corrected chi connectivity index (χ0v) is 11.1. The first-order valence-corrected chi connectivity index (χ1v) is 6.87. The fourth-order valence-corrected chi connectivity index (χ4v) is 3.27. The first kappa shape index (κ1) is 11.0.